The van der Waals surface area contributed by atoms with E-state index in [9.17, 15) is 0 Å². The van der Waals surface area contributed by atoms with Crippen molar-refractivity contribution in [1.29, 1.82) is 0 Å². The number of rotatable bonds is 5. The second-order valence-electron chi connectivity index (χ2n) is 5.02. The highest BCUT2D eigenvalue weighted by Crippen LogP contribution is 2.13. The number of aromatic nitrogens is 1. The Labute approximate surface area is 103 Å². The minimum Gasteiger partial charge on any atom is -0.490 e. The maximum atomic E-state index is 5.71. The van der Waals surface area contributed by atoms with Crippen molar-refractivity contribution in [3.63, 3.8) is 0 Å². The summed E-state index contributed by atoms with van der Waals surface area (Å²) in [4.78, 5) is 4.21. The SMILES string of the molecule is CC(N)c1ccc(OCCOC(C)(C)C)cn1. The van der Waals surface area contributed by atoms with Crippen molar-refractivity contribution >= 4 is 0 Å². The van der Waals surface area contributed by atoms with E-state index in [2.05, 4.69) is 4.98 Å². The van der Waals surface area contributed by atoms with Gasteiger partial charge in [-0.25, -0.2) is 0 Å². The van der Waals surface area contributed by atoms with Gasteiger partial charge >= 0.3 is 0 Å². The van der Waals surface area contributed by atoms with Crippen LogP contribution in [0.4, 0.5) is 0 Å². The van der Waals surface area contributed by atoms with Gasteiger partial charge in [-0.05, 0) is 39.8 Å². The first-order valence-electron chi connectivity index (χ1n) is 5.87. The number of pyridine rings is 1. The molecule has 96 valence electrons. The molecular formula is C13H22N2O2. The molecule has 0 radical (unpaired) electrons. The summed E-state index contributed by atoms with van der Waals surface area (Å²) in [6, 6.07) is 3.71. The predicted molar refractivity (Wildman–Crippen MR) is 68.0 cm³/mol. The minimum atomic E-state index is -0.125. The quantitative estimate of drug-likeness (QED) is 0.800. The van der Waals surface area contributed by atoms with Crippen LogP contribution in [0.25, 0.3) is 0 Å². The van der Waals surface area contributed by atoms with Gasteiger partial charge in [-0.2, -0.15) is 0 Å². The third-order valence-corrected chi connectivity index (χ3v) is 2.11. The van der Waals surface area contributed by atoms with Gasteiger partial charge in [0.2, 0.25) is 0 Å². The standard InChI is InChI=1S/C13H22N2O2/c1-10(14)12-6-5-11(9-15-12)16-7-8-17-13(2,3)4/h5-6,9-10H,7-8,14H2,1-4H3. The Morgan fingerprint density at radius 2 is 2.00 bits per heavy atom. The van der Waals surface area contributed by atoms with Crippen molar-refractivity contribution in [2.45, 2.75) is 39.3 Å². The second-order valence-corrected chi connectivity index (χ2v) is 5.02. The Bertz CT molecular complexity index is 328. The van der Waals surface area contributed by atoms with E-state index in [0.29, 0.717) is 13.2 Å². The van der Waals surface area contributed by atoms with Crippen LogP contribution >= 0.6 is 0 Å². The molecule has 0 aliphatic rings. The van der Waals surface area contributed by atoms with Crippen molar-refractivity contribution in [2.75, 3.05) is 13.2 Å². The summed E-state index contributed by atoms with van der Waals surface area (Å²) in [5.41, 5.74) is 6.45. The van der Waals surface area contributed by atoms with Crippen LogP contribution in [0, 0.1) is 0 Å². The normalized spacial score (nSPS) is 13.5. The molecule has 1 atom stereocenters. The molecule has 0 aliphatic carbocycles. The van der Waals surface area contributed by atoms with Crippen LogP contribution in [0.2, 0.25) is 0 Å². The lowest BCUT2D eigenvalue weighted by Crippen LogP contribution is -2.22. The largest absolute Gasteiger partial charge is 0.490 e. The van der Waals surface area contributed by atoms with E-state index in [1.165, 1.54) is 0 Å². The van der Waals surface area contributed by atoms with Gasteiger partial charge in [-0.3, -0.25) is 4.98 Å². The topological polar surface area (TPSA) is 57.4 Å². The van der Waals surface area contributed by atoms with Crippen LogP contribution in [0.1, 0.15) is 39.4 Å². The molecule has 0 spiro atoms. The Kier molecular flexibility index (Phi) is 4.90. The van der Waals surface area contributed by atoms with E-state index in [4.69, 9.17) is 15.2 Å². The fourth-order valence-corrected chi connectivity index (χ4v) is 1.25. The predicted octanol–water partition coefficient (Wildman–Crippen LogP) is 2.30. The van der Waals surface area contributed by atoms with Gasteiger partial charge in [0, 0.05) is 6.04 Å². The molecule has 0 amide bonds. The minimum absolute atomic E-state index is 0.0479. The molecule has 1 heterocycles. The summed E-state index contributed by atoms with van der Waals surface area (Å²) in [7, 11) is 0. The van der Waals surface area contributed by atoms with E-state index in [1.54, 1.807) is 6.20 Å². The molecule has 0 saturated heterocycles. The monoisotopic (exact) mass is 238 g/mol. The number of hydrogen-bond donors (Lipinski definition) is 1. The highest BCUT2D eigenvalue weighted by molar-refractivity contribution is 5.21. The average molecular weight is 238 g/mol. The zero-order valence-electron chi connectivity index (χ0n) is 11.1. The first kappa shape index (κ1) is 13.9. The van der Waals surface area contributed by atoms with E-state index in [0.717, 1.165) is 11.4 Å². The van der Waals surface area contributed by atoms with Crippen LogP contribution in [-0.2, 0) is 4.74 Å². The Morgan fingerprint density at radius 1 is 1.29 bits per heavy atom. The number of nitrogens with two attached hydrogens (primary N) is 1. The third kappa shape index (κ3) is 5.65. The molecule has 0 bridgehead atoms. The smallest absolute Gasteiger partial charge is 0.137 e. The summed E-state index contributed by atoms with van der Waals surface area (Å²) in [6.07, 6.45) is 1.69. The van der Waals surface area contributed by atoms with Crippen LogP contribution in [0.5, 0.6) is 5.75 Å². The summed E-state index contributed by atoms with van der Waals surface area (Å²) in [5.74, 6) is 0.743. The molecule has 4 heteroatoms. The number of nitrogens with zero attached hydrogens (tertiary/aromatic N) is 1. The Hall–Kier alpha value is -1.13. The van der Waals surface area contributed by atoms with Crippen molar-refractivity contribution in [1.82, 2.24) is 4.98 Å². The molecule has 1 rings (SSSR count). The van der Waals surface area contributed by atoms with Gasteiger partial charge in [0.05, 0.1) is 24.1 Å². The summed E-state index contributed by atoms with van der Waals surface area (Å²) in [6.45, 7) is 9.05. The zero-order chi connectivity index (χ0) is 12.9. The van der Waals surface area contributed by atoms with Gasteiger partial charge in [-0.15, -0.1) is 0 Å². The van der Waals surface area contributed by atoms with Gasteiger partial charge in [-0.1, -0.05) is 0 Å². The summed E-state index contributed by atoms with van der Waals surface area (Å²) < 4.78 is 11.1. The average Bonchev–Trinajstić information content (AvgIpc) is 2.24. The third-order valence-electron chi connectivity index (χ3n) is 2.11. The van der Waals surface area contributed by atoms with Crippen molar-refractivity contribution in [2.24, 2.45) is 5.73 Å². The molecule has 0 aromatic carbocycles. The number of hydrogen-bond acceptors (Lipinski definition) is 4. The lowest BCUT2D eigenvalue weighted by Gasteiger charge is -2.19. The molecule has 0 saturated carbocycles. The molecule has 0 fully saturated rings. The molecular weight excluding hydrogens is 216 g/mol. The van der Waals surface area contributed by atoms with E-state index in [1.807, 2.05) is 39.8 Å². The van der Waals surface area contributed by atoms with E-state index < -0.39 is 0 Å². The maximum Gasteiger partial charge on any atom is 0.137 e. The molecule has 4 nitrogen and oxygen atoms in total. The van der Waals surface area contributed by atoms with Crippen molar-refractivity contribution < 1.29 is 9.47 Å². The molecule has 1 aromatic rings. The van der Waals surface area contributed by atoms with Crippen LogP contribution in [0.15, 0.2) is 18.3 Å². The van der Waals surface area contributed by atoms with Gasteiger partial charge in [0.15, 0.2) is 0 Å². The first-order valence-corrected chi connectivity index (χ1v) is 5.87. The van der Waals surface area contributed by atoms with Crippen molar-refractivity contribution in [3.05, 3.63) is 24.0 Å². The number of ether oxygens (including phenoxy) is 2. The molecule has 2 N–H and O–H groups in total. The molecule has 1 aromatic heterocycles. The highest BCUT2D eigenvalue weighted by atomic mass is 16.5. The summed E-state index contributed by atoms with van der Waals surface area (Å²) in [5, 5.41) is 0. The van der Waals surface area contributed by atoms with Gasteiger partial charge in [0.25, 0.3) is 0 Å². The Morgan fingerprint density at radius 3 is 2.47 bits per heavy atom. The zero-order valence-corrected chi connectivity index (χ0v) is 11.1. The fourth-order valence-electron chi connectivity index (χ4n) is 1.25. The van der Waals surface area contributed by atoms with Crippen LogP contribution in [-0.4, -0.2) is 23.8 Å². The van der Waals surface area contributed by atoms with Crippen molar-refractivity contribution in [3.8, 4) is 5.75 Å². The first-order chi connectivity index (χ1) is 7.88. The summed E-state index contributed by atoms with van der Waals surface area (Å²) >= 11 is 0. The maximum absolute atomic E-state index is 5.71. The second kappa shape index (κ2) is 5.98. The van der Waals surface area contributed by atoms with Crippen LogP contribution in [0.3, 0.4) is 0 Å². The molecule has 1 unspecified atom stereocenters. The molecule has 0 aliphatic heterocycles. The molecule has 17 heavy (non-hydrogen) atoms. The Balaban J connectivity index is 2.33. The van der Waals surface area contributed by atoms with E-state index >= 15 is 0 Å². The lowest BCUT2D eigenvalue weighted by atomic mass is 10.2. The lowest BCUT2D eigenvalue weighted by molar-refractivity contribution is -0.0163. The van der Waals surface area contributed by atoms with Crippen LogP contribution < -0.4 is 10.5 Å². The highest BCUT2D eigenvalue weighted by Gasteiger charge is 2.09. The van der Waals surface area contributed by atoms with E-state index in [-0.39, 0.29) is 11.6 Å². The fraction of sp³-hybridized carbons (Fsp3) is 0.615. The van der Waals surface area contributed by atoms with Gasteiger partial charge in [0.1, 0.15) is 12.4 Å². The van der Waals surface area contributed by atoms with Gasteiger partial charge < -0.3 is 15.2 Å².